The molecule has 1 amide bonds. The van der Waals surface area contributed by atoms with Crippen molar-refractivity contribution in [2.24, 2.45) is 0 Å². The molecule has 0 spiro atoms. The molecule has 0 aliphatic rings. The maximum Gasteiger partial charge on any atom is 0.265 e. The van der Waals surface area contributed by atoms with E-state index in [1.807, 2.05) is 48.5 Å². The fourth-order valence-electron chi connectivity index (χ4n) is 1.90. The molecule has 3 N–H and O–H groups in total. The molecule has 0 atom stereocenters. The molecule has 1 aromatic heterocycles. The van der Waals surface area contributed by atoms with Gasteiger partial charge in [-0.1, -0.05) is 0 Å². The number of halogens is 1. The fraction of sp³-hybridized carbons (Fsp3) is 0. The van der Waals surface area contributed by atoms with Crippen LogP contribution in [0.5, 0.6) is 0 Å². The first-order chi connectivity index (χ1) is 9.61. The van der Waals surface area contributed by atoms with Crippen LogP contribution in [-0.2, 0) is 0 Å². The second-order valence-electron chi connectivity index (χ2n) is 4.37. The van der Waals surface area contributed by atoms with Crippen molar-refractivity contribution in [1.29, 1.82) is 0 Å². The SMILES string of the molecule is Nc1ccc2sc(C(=O)Nc3ccc(I)cc3)cc2c1. The van der Waals surface area contributed by atoms with E-state index >= 15 is 0 Å². The first-order valence-corrected chi connectivity index (χ1v) is 7.87. The third-order valence-electron chi connectivity index (χ3n) is 2.87. The van der Waals surface area contributed by atoms with E-state index in [-0.39, 0.29) is 5.91 Å². The summed E-state index contributed by atoms with van der Waals surface area (Å²) in [5.74, 6) is -0.0917. The maximum atomic E-state index is 12.2. The Balaban J connectivity index is 1.86. The smallest absolute Gasteiger partial charge is 0.265 e. The predicted molar refractivity (Wildman–Crippen MR) is 93.3 cm³/mol. The summed E-state index contributed by atoms with van der Waals surface area (Å²) in [5, 5.41) is 3.90. The molecule has 1 heterocycles. The summed E-state index contributed by atoms with van der Waals surface area (Å²) < 4.78 is 2.20. The van der Waals surface area contributed by atoms with Crippen LogP contribution in [0.4, 0.5) is 11.4 Å². The lowest BCUT2D eigenvalue weighted by molar-refractivity contribution is 0.103. The highest BCUT2D eigenvalue weighted by Crippen LogP contribution is 2.28. The number of nitrogens with one attached hydrogen (secondary N) is 1. The van der Waals surface area contributed by atoms with Crippen LogP contribution >= 0.6 is 33.9 Å². The van der Waals surface area contributed by atoms with Crippen LogP contribution in [0.3, 0.4) is 0 Å². The third kappa shape index (κ3) is 2.78. The highest BCUT2D eigenvalue weighted by molar-refractivity contribution is 14.1. The average Bonchev–Trinajstić information content (AvgIpc) is 2.84. The first kappa shape index (κ1) is 13.4. The topological polar surface area (TPSA) is 55.1 Å². The van der Waals surface area contributed by atoms with E-state index in [0.717, 1.165) is 19.3 Å². The number of carbonyl (C=O) groups is 1. The third-order valence-corrected chi connectivity index (χ3v) is 4.70. The summed E-state index contributed by atoms with van der Waals surface area (Å²) in [6, 6.07) is 15.3. The van der Waals surface area contributed by atoms with Gasteiger partial charge in [-0.05, 0) is 76.5 Å². The highest BCUT2D eigenvalue weighted by atomic mass is 127. The van der Waals surface area contributed by atoms with E-state index in [4.69, 9.17) is 5.73 Å². The number of thiophene rings is 1. The Hall–Kier alpha value is -1.60. The maximum absolute atomic E-state index is 12.2. The van der Waals surface area contributed by atoms with E-state index in [0.29, 0.717) is 10.6 Å². The van der Waals surface area contributed by atoms with Crippen molar-refractivity contribution in [1.82, 2.24) is 0 Å². The number of amides is 1. The molecule has 0 aliphatic carbocycles. The Morgan fingerprint density at radius 3 is 2.60 bits per heavy atom. The summed E-state index contributed by atoms with van der Waals surface area (Å²) in [7, 11) is 0. The van der Waals surface area contributed by atoms with Gasteiger partial charge in [0.05, 0.1) is 4.88 Å². The number of benzene rings is 2. The zero-order valence-corrected chi connectivity index (χ0v) is 13.4. The van der Waals surface area contributed by atoms with E-state index in [1.165, 1.54) is 11.3 Å². The van der Waals surface area contributed by atoms with Crippen LogP contribution < -0.4 is 11.1 Å². The van der Waals surface area contributed by atoms with Gasteiger partial charge in [0.1, 0.15) is 0 Å². The Kier molecular flexibility index (Phi) is 3.62. The van der Waals surface area contributed by atoms with Gasteiger partial charge in [0, 0.05) is 19.6 Å². The second-order valence-corrected chi connectivity index (χ2v) is 6.70. The summed E-state index contributed by atoms with van der Waals surface area (Å²) in [6.45, 7) is 0. The molecule has 5 heteroatoms. The Bertz CT molecular complexity index is 780. The van der Waals surface area contributed by atoms with Crippen molar-refractivity contribution in [2.75, 3.05) is 11.1 Å². The molecule has 0 radical (unpaired) electrons. The number of nitrogen functional groups attached to an aromatic ring is 1. The lowest BCUT2D eigenvalue weighted by Gasteiger charge is -2.02. The summed E-state index contributed by atoms with van der Waals surface area (Å²) >= 11 is 3.70. The van der Waals surface area contributed by atoms with Gasteiger partial charge in [-0.25, -0.2) is 0 Å². The molecular weight excluding hydrogens is 383 g/mol. The Morgan fingerprint density at radius 1 is 1.10 bits per heavy atom. The van der Waals surface area contributed by atoms with Gasteiger partial charge >= 0.3 is 0 Å². The minimum Gasteiger partial charge on any atom is -0.399 e. The van der Waals surface area contributed by atoms with Gasteiger partial charge in [-0.3, -0.25) is 4.79 Å². The van der Waals surface area contributed by atoms with Crippen LogP contribution in [0.1, 0.15) is 9.67 Å². The summed E-state index contributed by atoms with van der Waals surface area (Å²) in [5.41, 5.74) is 7.26. The molecule has 3 aromatic rings. The van der Waals surface area contributed by atoms with Crippen molar-refractivity contribution < 1.29 is 4.79 Å². The van der Waals surface area contributed by atoms with Gasteiger partial charge in [0.15, 0.2) is 0 Å². The number of hydrogen-bond acceptors (Lipinski definition) is 3. The van der Waals surface area contributed by atoms with Gasteiger partial charge in [0.2, 0.25) is 0 Å². The second kappa shape index (κ2) is 5.41. The van der Waals surface area contributed by atoms with Crippen molar-refractivity contribution in [3.8, 4) is 0 Å². The lowest BCUT2D eigenvalue weighted by atomic mass is 10.2. The van der Waals surface area contributed by atoms with Gasteiger partial charge in [-0.15, -0.1) is 11.3 Å². The van der Waals surface area contributed by atoms with Gasteiger partial charge < -0.3 is 11.1 Å². The zero-order chi connectivity index (χ0) is 14.1. The molecule has 0 saturated heterocycles. The van der Waals surface area contributed by atoms with Crippen LogP contribution in [0.15, 0.2) is 48.5 Å². The largest absolute Gasteiger partial charge is 0.399 e. The van der Waals surface area contributed by atoms with Crippen LogP contribution in [0.2, 0.25) is 0 Å². The number of fused-ring (bicyclic) bond motifs is 1. The average molecular weight is 394 g/mol. The molecule has 3 nitrogen and oxygen atoms in total. The molecule has 0 bridgehead atoms. The number of nitrogens with two attached hydrogens (primary N) is 1. The highest BCUT2D eigenvalue weighted by Gasteiger charge is 2.10. The summed E-state index contributed by atoms with van der Waals surface area (Å²) in [6.07, 6.45) is 0. The quantitative estimate of drug-likeness (QED) is 0.502. The molecule has 20 heavy (non-hydrogen) atoms. The molecule has 2 aromatic carbocycles. The van der Waals surface area contributed by atoms with E-state index in [9.17, 15) is 4.79 Å². The molecule has 0 saturated carbocycles. The Labute approximate surface area is 133 Å². The zero-order valence-electron chi connectivity index (χ0n) is 10.4. The van der Waals surface area contributed by atoms with Crippen LogP contribution in [-0.4, -0.2) is 5.91 Å². The molecule has 0 aliphatic heterocycles. The molecular formula is C15H11IN2OS. The van der Waals surface area contributed by atoms with Crippen molar-refractivity contribution in [3.05, 3.63) is 57.0 Å². The predicted octanol–water partition coefficient (Wildman–Crippen LogP) is 4.34. The van der Waals surface area contributed by atoms with Crippen molar-refractivity contribution >= 4 is 61.3 Å². The number of rotatable bonds is 2. The molecule has 100 valence electrons. The normalized spacial score (nSPS) is 10.7. The minimum atomic E-state index is -0.0917. The van der Waals surface area contributed by atoms with Crippen LogP contribution in [0.25, 0.3) is 10.1 Å². The molecule has 0 fully saturated rings. The monoisotopic (exact) mass is 394 g/mol. The van der Waals surface area contributed by atoms with Gasteiger partial charge in [0.25, 0.3) is 5.91 Å². The standard InChI is InChI=1S/C15H11IN2OS/c16-10-1-4-12(5-2-10)18-15(19)14-8-9-7-11(17)3-6-13(9)20-14/h1-8H,17H2,(H,18,19). The number of anilines is 2. The fourth-order valence-corrected chi connectivity index (χ4v) is 3.20. The molecule has 3 rings (SSSR count). The number of carbonyl (C=O) groups excluding carboxylic acids is 1. The van der Waals surface area contributed by atoms with E-state index in [2.05, 4.69) is 27.9 Å². The van der Waals surface area contributed by atoms with E-state index < -0.39 is 0 Å². The van der Waals surface area contributed by atoms with Crippen molar-refractivity contribution in [3.63, 3.8) is 0 Å². The van der Waals surface area contributed by atoms with Crippen molar-refractivity contribution in [2.45, 2.75) is 0 Å². The minimum absolute atomic E-state index is 0.0917. The first-order valence-electron chi connectivity index (χ1n) is 5.98. The molecule has 0 unspecified atom stereocenters. The number of hydrogen-bond donors (Lipinski definition) is 2. The Morgan fingerprint density at radius 2 is 1.85 bits per heavy atom. The van der Waals surface area contributed by atoms with Gasteiger partial charge in [-0.2, -0.15) is 0 Å². The van der Waals surface area contributed by atoms with E-state index in [1.54, 1.807) is 0 Å². The summed E-state index contributed by atoms with van der Waals surface area (Å²) in [4.78, 5) is 12.9. The van der Waals surface area contributed by atoms with Crippen LogP contribution in [0, 0.1) is 3.57 Å². The lowest BCUT2D eigenvalue weighted by Crippen LogP contribution is -2.09.